The molecule has 0 bridgehead atoms. The molecule has 98 valence electrons. The number of nitrogen functional groups attached to an aromatic ring is 1. The number of aromatic nitrogens is 1. The van der Waals surface area contributed by atoms with Crippen molar-refractivity contribution in [3.63, 3.8) is 0 Å². The maximum absolute atomic E-state index is 12.2. The lowest BCUT2D eigenvalue weighted by atomic mass is 10.1. The lowest BCUT2D eigenvalue weighted by Gasteiger charge is -2.10. The van der Waals surface area contributed by atoms with Crippen LogP contribution in [0.4, 0.5) is 11.4 Å². The van der Waals surface area contributed by atoms with Gasteiger partial charge in [-0.05, 0) is 53.0 Å². The van der Waals surface area contributed by atoms with Crippen molar-refractivity contribution in [2.75, 3.05) is 11.1 Å². The molecular weight excluding hydrogens is 306 g/mol. The van der Waals surface area contributed by atoms with Gasteiger partial charge in [-0.2, -0.15) is 0 Å². The van der Waals surface area contributed by atoms with Gasteiger partial charge in [0.05, 0.1) is 17.4 Å². The molecule has 0 aliphatic rings. The number of hydrogen-bond donors (Lipinski definition) is 2. The van der Waals surface area contributed by atoms with Gasteiger partial charge in [0.15, 0.2) is 0 Å². The highest BCUT2D eigenvalue weighted by Gasteiger charge is 2.13. The molecule has 0 atom stereocenters. The number of benzene rings is 1. The Bertz CT molecular complexity index is 620. The van der Waals surface area contributed by atoms with Crippen LogP contribution >= 0.6 is 15.9 Å². The molecule has 4 nitrogen and oxygen atoms in total. The zero-order valence-corrected chi connectivity index (χ0v) is 12.3. The predicted octanol–water partition coefficient (Wildman–Crippen LogP) is 3.30. The third-order valence-corrected chi connectivity index (χ3v) is 3.63. The Labute approximate surface area is 120 Å². The van der Waals surface area contributed by atoms with Crippen LogP contribution in [0.2, 0.25) is 0 Å². The fourth-order valence-corrected chi connectivity index (χ4v) is 2.04. The number of pyridine rings is 1. The molecule has 2 aromatic rings. The Hall–Kier alpha value is -1.88. The van der Waals surface area contributed by atoms with Gasteiger partial charge < -0.3 is 11.1 Å². The summed E-state index contributed by atoms with van der Waals surface area (Å²) < 4.78 is 0.765. The summed E-state index contributed by atoms with van der Waals surface area (Å²) in [6.07, 6.45) is 1.60. The van der Waals surface area contributed by atoms with Crippen LogP contribution in [0.15, 0.2) is 35.1 Å². The number of halogens is 1. The van der Waals surface area contributed by atoms with Gasteiger partial charge in [0.2, 0.25) is 0 Å². The van der Waals surface area contributed by atoms with Crippen molar-refractivity contribution < 1.29 is 4.79 Å². The molecule has 0 saturated carbocycles. The molecular formula is C14H14BrN3O. The van der Waals surface area contributed by atoms with Crippen molar-refractivity contribution in [3.8, 4) is 0 Å². The molecule has 3 N–H and O–H groups in total. The number of nitrogens with zero attached hydrogens (tertiary/aromatic N) is 1. The van der Waals surface area contributed by atoms with E-state index in [0.29, 0.717) is 16.9 Å². The molecule has 0 radical (unpaired) electrons. The highest BCUT2D eigenvalue weighted by Crippen LogP contribution is 2.20. The van der Waals surface area contributed by atoms with Crippen LogP contribution < -0.4 is 11.1 Å². The van der Waals surface area contributed by atoms with E-state index in [9.17, 15) is 4.79 Å². The Morgan fingerprint density at radius 1 is 1.32 bits per heavy atom. The summed E-state index contributed by atoms with van der Waals surface area (Å²) in [4.78, 5) is 16.4. The summed E-state index contributed by atoms with van der Waals surface area (Å²) in [5.41, 5.74) is 9.27. The first-order chi connectivity index (χ1) is 8.99. The molecule has 1 aromatic heterocycles. The maximum Gasteiger partial charge on any atom is 0.258 e. The van der Waals surface area contributed by atoms with E-state index < -0.39 is 0 Å². The first-order valence-corrected chi connectivity index (χ1v) is 6.57. The topological polar surface area (TPSA) is 68.0 Å². The van der Waals surface area contributed by atoms with Crippen molar-refractivity contribution in [1.29, 1.82) is 0 Å². The van der Waals surface area contributed by atoms with E-state index >= 15 is 0 Å². The average Bonchev–Trinajstić information content (AvgIpc) is 2.33. The number of amides is 1. The molecule has 0 unspecified atom stereocenters. The zero-order chi connectivity index (χ0) is 14.0. The van der Waals surface area contributed by atoms with E-state index in [4.69, 9.17) is 5.73 Å². The van der Waals surface area contributed by atoms with Gasteiger partial charge in [0.1, 0.15) is 4.60 Å². The highest BCUT2D eigenvalue weighted by molar-refractivity contribution is 9.10. The van der Waals surface area contributed by atoms with Gasteiger partial charge in [0.25, 0.3) is 5.91 Å². The van der Waals surface area contributed by atoms with Crippen LogP contribution in [0, 0.1) is 13.8 Å². The lowest BCUT2D eigenvalue weighted by Crippen LogP contribution is -2.15. The molecule has 0 aliphatic heterocycles. The fourth-order valence-electron chi connectivity index (χ4n) is 1.82. The Morgan fingerprint density at radius 2 is 2.05 bits per heavy atom. The summed E-state index contributed by atoms with van der Waals surface area (Å²) in [7, 11) is 0. The zero-order valence-electron chi connectivity index (χ0n) is 10.7. The summed E-state index contributed by atoms with van der Waals surface area (Å²) in [6, 6.07) is 7.25. The summed E-state index contributed by atoms with van der Waals surface area (Å²) in [5.74, 6) is -0.223. The van der Waals surface area contributed by atoms with Crippen molar-refractivity contribution in [2.24, 2.45) is 0 Å². The number of anilines is 2. The predicted molar refractivity (Wildman–Crippen MR) is 80.2 cm³/mol. The van der Waals surface area contributed by atoms with Gasteiger partial charge in [-0.25, -0.2) is 4.98 Å². The number of rotatable bonds is 2. The van der Waals surface area contributed by atoms with Gasteiger partial charge in [0, 0.05) is 5.69 Å². The van der Waals surface area contributed by atoms with Gasteiger partial charge in [-0.1, -0.05) is 12.1 Å². The molecule has 1 aromatic carbocycles. The quantitative estimate of drug-likeness (QED) is 0.659. The summed E-state index contributed by atoms with van der Waals surface area (Å²) in [6.45, 7) is 3.77. The number of nitrogens with two attached hydrogens (primary N) is 1. The van der Waals surface area contributed by atoms with Crippen molar-refractivity contribution in [1.82, 2.24) is 4.98 Å². The minimum atomic E-state index is -0.223. The molecule has 5 heteroatoms. The molecule has 0 spiro atoms. The normalized spacial score (nSPS) is 10.3. The molecule has 2 rings (SSSR count). The summed E-state index contributed by atoms with van der Waals surface area (Å²) >= 11 is 3.32. The maximum atomic E-state index is 12.2. The number of hydrogen-bond acceptors (Lipinski definition) is 3. The molecule has 0 aliphatic carbocycles. The van der Waals surface area contributed by atoms with E-state index in [0.717, 1.165) is 15.7 Å². The smallest absolute Gasteiger partial charge is 0.258 e. The Morgan fingerprint density at radius 3 is 2.68 bits per heavy atom. The van der Waals surface area contributed by atoms with Gasteiger partial charge in [-0.3, -0.25) is 4.79 Å². The highest BCUT2D eigenvalue weighted by atomic mass is 79.9. The summed E-state index contributed by atoms with van der Waals surface area (Å²) in [5, 5.41) is 2.81. The number of carbonyl (C=O) groups excluding carboxylic acids is 1. The average molecular weight is 320 g/mol. The van der Waals surface area contributed by atoms with Crippen LogP contribution in [0.5, 0.6) is 0 Å². The van der Waals surface area contributed by atoms with Gasteiger partial charge in [-0.15, -0.1) is 0 Å². The molecule has 0 fully saturated rings. The molecule has 1 heterocycles. The van der Waals surface area contributed by atoms with E-state index in [1.807, 2.05) is 32.0 Å². The lowest BCUT2D eigenvalue weighted by molar-refractivity contribution is 0.102. The second kappa shape index (κ2) is 5.40. The minimum Gasteiger partial charge on any atom is -0.398 e. The Balaban J connectivity index is 2.28. The van der Waals surface area contributed by atoms with Crippen LogP contribution in [-0.2, 0) is 0 Å². The van der Waals surface area contributed by atoms with Crippen molar-refractivity contribution >= 4 is 33.2 Å². The number of carbonyl (C=O) groups is 1. The monoisotopic (exact) mass is 319 g/mol. The van der Waals surface area contributed by atoms with E-state index in [-0.39, 0.29) is 5.91 Å². The number of aryl methyl sites for hydroxylation is 2. The van der Waals surface area contributed by atoms with Gasteiger partial charge >= 0.3 is 0 Å². The first-order valence-electron chi connectivity index (χ1n) is 5.77. The van der Waals surface area contributed by atoms with E-state index in [2.05, 4.69) is 26.2 Å². The fraction of sp³-hybridized carbons (Fsp3) is 0.143. The second-order valence-electron chi connectivity index (χ2n) is 4.32. The van der Waals surface area contributed by atoms with E-state index in [1.54, 1.807) is 12.3 Å². The number of nitrogens with one attached hydrogen (secondary N) is 1. The largest absolute Gasteiger partial charge is 0.398 e. The second-order valence-corrected chi connectivity index (χ2v) is 5.08. The molecule has 1 amide bonds. The third-order valence-electron chi connectivity index (χ3n) is 2.80. The van der Waals surface area contributed by atoms with Crippen LogP contribution in [-0.4, -0.2) is 10.9 Å². The van der Waals surface area contributed by atoms with E-state index in [1.165, 1.54) is 0 Å². The molecule has 0 saturated heterocycles. The SMILES string of the molecule is Cc1cc(NC(=O)c2c(C)cccc2N)cnc1Br. The Kier molecular flexibility index (Phi) is 3.85. The van der Waals surface area contributed by atoms with Crippen LogP contribution in [0.25, 0.3) is 0 Å². The standard InChI is InChI=1S/C14H14BrN3O/c1-8-4-3-5-11(16)12(8)14(19)18-10-6-9(2)13(15)17-7-10/h3-7H,16H2,1-2H3,(H,18,19). The van der Waals surface area contributed by atoms with Crippen molar-refractivity contribution in [2.45, 2.75) is 13.8 Å². The third kappa shape index (κ3) is 2.93. The van der Waals surface area contributed by atoms with Crippen molar-refractivity contribution in [3.05, 3.63) is 51.8 Å². The molecule has 19 heavy (non-hydrogen) atoms. The first kappa shape index (κ1) is 13.5. The minimum absolute atomic E-state index is 0.223. The van der Waals surface area contributed by atoms with Crippen LogP contribution in [0.3, 0.4) is 0 Å². The van der Waals surface area contributed by atoms with Crippen LogP contribution in [0.1, 0.15) is 21.5 Å².